The Morgan fingerprint density at radius 1 is 1.00 bits per heavy atom. The summed E-state index contributed by atoms with van der Waals surface area (Å²) in [4.78, 5) is 0. The molecule has 4 rings (SSSR count). The minimum Gasteiger partial charge on any atom is -0.361 e. The lowest BCUT2D eigenvalue weighted by atomic mass is 10.1. The van der Waals surface area contributed by atoms with Crippen LogP contribution in [0.3, 0.4) is 0 Å². The fourth-order valence-corrected chi connectivity index (χ4v) is 4.23. The number of benzene rings is 2. The molecule has 0 N–H and O–H groups in total. The average Bonchev–Trinajstić information content (AvgIpc) is 3.24. The Labute approximate surface area is 172 Å². The summed E-state index contributed by atoms with van der Waals surface area (Å²) >= 11 is 7.70. The molecule has 142 valence electrons. The van der Waals surface area contributed by atoms with Crippen LogP contribution >= 0.6 is 23.4 Å². The molecule has 0 aliphatic rings. The lowest BCUT2D eigenvalue weighted by Gasteiger charge is -2.10. The SMILES string of the molecule is Cc1noc(C)c1CSc1nnc(Cc2ccccc2)n1-c1ccc(Cl)cc1. The molecule has 28 heavy (non-hydrogen) atoms. The van der Waals surface area contributed by atoms with Crippen LogP contribution in [0, 0.1) is 13.8 Å². The van der Waals surface area contributed by atoms with Crippen molar-refractivity contribution in [2.45, 2.75) is 31.2 Å². The van der Waals surface area contributed by atoms with Crippen molar-refractivity contribution < 1.29 is 4.52 Å². The van der Waals surface area contributed by atoms with Crippen LogP contribution in [0.5, 0.6) is 0 Å². The first-order chi connectivity index (χ1) is 13.6. The molecule has 7 heteroatoms. The van der Waals surface area contributed by atoms with E-state index >= 15 is 0 Å². The maximum absolute atomic E-state index is 6.08. The van der Waals surface area contributed by atoms with Gasteiger partial charge in [0.25, 0.3) is 0 Å². The highest BCUT2D eigenvalue weighted by Gasteiger charge is 2.17. The van der Waals surface area contributed by atoms with Crippen LogP contribution in [0.2, 0.25) is 5.02 Å². The Kier molecular flexibility index (Phi) is 5.50. The zero-order valence-electron chi connectivity index (χ0n) is 15.6. The van der Waals surface area contributed by atoms with E-state index in [2.05, 4.69) is 32.1 Å². The number of aromatic nitrogens is 4. The smallest absolute Gasteiger partial charge is 0.196 e. The molecule has 0 fully saturated rings. The first kappa shape index (κ1) is 18.8. The van der Waals surface area contributed by atoms with Crippen molar-refractivity contribution in [2.24, 2.45) is 0 Å². The highest BCUT2D eigenvalue weighted by atomic mass is 35.5. The monoisotopic (exact) mass is 410 g/mol. The number of halogens is 1. The van der Waals surface area contributed by atoms with Gasteiger partial charge in [0.15, 0.2) is 5.16 Å². The van der Waals surface area contributed by atoms with E-state index in [9.17, 15) is 0 Å². The first-order valence-electron chi connectivity index (χ1n) is 8.90. The first-order valence-corrected chi connectivity index (χ1v) is 10.3. The molecule has 2 aromatic carbocycles. The molecule has 4 aromatic rings. The van der Waals surface area contributed by atoms with Crippen molar-refractivity contribution in [1.82, 2.24) is 19.9 Å². The van der Waals surface area contributed by atoms with Gasteiger partial charge in [0.05, 0.1) is 5.69 Å². The van der Waals surface area contributed by atoms with Gasteiger partial charge in [-0.05, 0) is 43.7 Å². The van der Waals surface area contributed by atoms with E-state index in [0.717, 1.165) is 39.4 Å². The van der Waals surface area contributed by atoms with E-state index < -0.39 is 0 Å². The Morgan fingerprint density at radius 3 is 2.43 bits per heavy atom. The van der Waals surface area contributed by atoms with Crippen molar-refractivity contribution in [3.05, 3.63) is 88.0 Å². The second-order valence-corrected chi connectivity index (χ2v) is 7.84. The summed E-state index contributed by atoms with van der Waals surface area (Å²) < 4.78 is 7.36. The summed E-state index contributed by atoms with van der Waals surface area (Å²) in [5.41, 5.74) is 4.18. The summed E-state index contributed by atoms with van der Waals surface area (Å²) in [7, 11) is 0. The molecule has 0 spiro atoms. The zero-order valence-corrected chi connectivity index (χ0v) is 17.2. The Bertz CT molecular complexity index is 1050. The molecule has 5 nitrogen and oxygen atoms in total. The van der Waals surface area contributed by atoms with Gasteiger partial charge in [-0.15, -0.1) is 10.2 Å². The Balaban J connectivity index is 1.68. The van der Waals surface area contributed by atoms with Crippen molar-refractivity contribution in [1.29, 1.82) is 0 Å². The van der Waals surface area contributed by atoms with Crippen LogP contribution in [0.15, 0.2) is 64.3 Å². The summed E-state index contributed by atoms with van der Waals surface area (Å²) in [6.45, 7) is 3.89. The highest BCUT2D eigenvalue weighted by Crippen LogP contribution is 2.29. The predicted octanol–water partition coefficient (Wildman–Crippen LogP) is 5.41. The second kappa shape index (κ2) is 8.20. The minimum absolute atomic E-state index is 0.697. The summed E-state index contributed by atoms with van der Waals surface area (Å²) in [6.07, 6.45) is 0.697. The van der Waals surface area contributed by atoms with Crippen molar-refractivity contribution in [3.8, 4) is 5.69 Å². The standard InChI is InChI=1S/C21H19ClN4OS/c1-14-19(15(2)27-25-14)13-28-21-24-23-20(12-16-6-4-3-5-7-16)26(21)18-10-8-17(22)9-11-18/h3-11H,12-13H2,1-2H3. The number of aryl methyl sites for hydroxylation is 2. The normalized spacial score (nSPS) is 11.1. The van der Waals surface area contributed by atoms with Crippen LogP contribution in [-0.2, 0) is 12.2 Å². The van der Waals surface area contributed by atoms with Gasteiger partial charge in [0.2, 0.25) is 0 Å². The average molecular weight is 411 g/mol. The minimum atomic E-state index is 0.697. The second-order valence-electron chi connectivity index (χ2n) is 6.46. The van der Waals surface area contributed by atoms with E-state index in [1.54, 1.807) is 11.8 Å². The molecule has 0 bridgehead atoms. The van der Waals surface area contributed by atoms with E-state index in [4.69, 9.17) is 16.1 Å². The van der Waals surface area contributed by atoms with Gasteiger partial charge in [-0.3, -0.25) is 4.57 Å². The molecule has 2 heterocycles. The summed E-state index contributed by atoms with van der Waals surface area (Å²) in [6, 6.07) is 18.0. The van der Waals surface area contributed by atoms with Gasteiger partial charge in [0.1, 0.15) is 11.6 Å². The van der Waals surface area contributed by atoms with Gasteiger partial charge < -0.3 is 4.52 Å². The fraction of sp³-hybridized carbons (Fsp3) is 0.190. The molecular weight excluding hydrogens is 392 g/mol. The maximum atomic E-state index is 6.08. The molecule has 0 atom stereocenters. The van der Waals surface area contributed by atoms with E-state index in [-0.39, 0.29) is 0 Å². The third-order valence-electron chi connectivity index (χ3n) is 4.52. The largest absolute Gasteiger partial charge is 0.361 e. The summed E-state index contributed by atoms with van der Waals surface area (Å²) in [5.74, 6) is 2.44. The topological polar surface area (TPSA) is 56.7 Å². The van der Waals surface area contributed by atoms with Gasteiger partial charge >= 0.3 is 0 Å². The number of hydrogen-bond acceptors (Lipinski definition) is 5. The van der Waals surface area contributed by atoms with Crippen molar-refractivity contribution in [3.63, 3.8) is 0 Å². The van der Waals surface area contributed by atoms with Gasteiger partial charge in [-0.25, -0.2) is 0 Å². The third kappa shape index (κ3) is 3.98. The van der Waals surface area contributed by atoms with E-state index in [1.807, 2.05) is 56.3 Å². The maximum Gasteiger partial charge on any atom is 0.196 e. The highest BCUT2D eigenvalue weighted by molar-refractivity contribution is 7.98. The third-order valence-corrected chi connectivity index (χ3v) is 5.72. The molecule has 0 saturated heterocycles. The molecule has 0 amide bonds. The molecule has 2 aromatic heterocycles. The van der Waals surface area contributed by atoms with Gasteiger partial charge in [0, 0.05) is 28.4 Å². The fourth-order valence-electron chi connectivity index (χ4n) is 2.98. The zero-order chi connectivity index (χ0) is 19.5. The van der Waals surface area contributed by atoms with Crippen LogP contribution in [0.1, 0.15) is 28.4 Å². The molecule has 0 aliphatic heterocycles. The number of hydrogen-bond donors (Lipinski definition) is 0. The lowest BCUT2D eigenvalue weighted by molar-refractivity contribution is 0.392. The molecule has 0 radical (unpaired) electrons. The molecule has 0 unspecified atom stereocenters. The van der Waals surface area contributed by atoms with E-state index in [1.165, 1.54) is 5.56 Å². The van der Waals surface area contributed by atoms with Crippen LogP contribution in [0.25, 0.3) is 5.69 Å². The number of rotatable bonds is 6. The van der Waals surface area contributed by atoms with Crippen LogP contribution in [0.4, 0.5) is 0 Å². The predicted molar refractivity (Wildman–Crippen MR) is 111 cm³/mol. The number of thioether (sulfide) groups is 1. The Hall–Kier alpha value is -2.57. The quantitative estimate of drug-likeness (QED) is 0.398. The summed E-state index contributed by atoms with van der Waals surface area (Å²) in [5, 5.41) is 14.5. The van der Waals surface area contributed by atoms with E-state index in [0.29, 0.717) is 11.4 Å². The van der Waals surface area contributed by atoms with Gasteiger partial charge in [-0.2, -0.15) is 0 Å². The lowest BCUT2D eigenvalue weighted by Crippen LogP contribution is -2.04. The van der Waals surface area contributed by atoms with Crippen LogP contribution in [-0.4, -0.2) is 19.9 Å². The van der Waals surface area contributed by atoms with Crippen molar-refractivity contribution in [2.75, 3.05) is 0 Å². The van der Waals surface area contributed by atoms with Gasteiger partial charge in [-0.1, -0.05) is 58.9 Å². The van der Waals surface area contributed by atoms with Crippen LogP contribution < -0.4 is 0 Å². The molecule has 0 aliphatic carbocycles. The molecular formula is C21H19ClN4OS. The number of nitrogens with zero attached hydrogens (tertiary/aromatic N) is 4. The van der Waals surface area contributed by atoms with Crippen molar-refractivity contribution >= 4 is 23.4 Å². The Morgan fingerprint density at radius 2 is 1.75 bits per heavy atom. The molecule has 0 saturated carbocycles.